The van der Waals surface area contributed by atoms with E-state index in [4.69, 9.17) is 16.3 Å². The molecule has 0 aliphatic carbocycles. The topological polar surface area (TPSA) is 102 Å². The Morgan fingerprint density at radius 2 is 1.59 bits per heavy atom. The lowest BCUT2D eigenvalue weighted by atomic mass is 9.95. The monoisotopic (exact) mass is 636 g/mol. The number of nitrogens with one attached hydrogen (secondary N) is 2. The van der Waals surface area contributed by atoms with Crippen LogP contribution in [0.3, 0.4) is 0 Å². The third kappa shape index (κ3) is 9.39. The maximum Gasteiger partial charge on any atom is 0.264 e. The van der Waals surface area contributed by atoms with Crippen LogP contribution < -0.4 is 14.8 Å². The van der Waals surface area contributed by atoms with Crippen LogP contribution in [0, 0.1) is 11.7 Å². The highest BCUT2D eigenvalue weighted by atomic mass is 35.5. The van der Waals surface area contributed by atoms with Crippen molar-refractivity contribution in [2.75, 3.05) is 0 Å². The third-order valence-corrected chi connectivity index (χ3v) is 8.49. The Morgan fingerprint density at radius 1 is 0.909 bits per heavy atom. The number of aryl methyl sites for hydroxylation is 1. The molecule has 0 radical (unpaired) electrons. The first-order chi connectivity index (χ1) is 21.0. The summed E-state index contributed by atoms with van der Waals surface area (Å²) >= 11 is 5.85. The first-order valence-electron chi connectivity index (χ1n) is 14.2. The number of amides is 2. The fraction of sp³-hybridized carbons (Fsp3) is 0.235. The van der Waals surface area contributed by atoms with Crippen molar-refractivity contribution >= 4 is 33.4 Å². The Morgan fingerprint density at radius 3 is 2.25 bits per heavy atom. The van der Waals surface area contributed by atoms with Crippen molar-refractivity contribution in [3.05, 3.63) is 130 Å². The summed E-state index contributed by atoms with van der Waals surface area (Å²) in [5.74, 6) is -0.540. The number of rotatable bonds is 13. The summed E-state index contributed by atoms with van der Waals surface area (Å²) in [4.78, 5) is 26.4. The lowest BCUT2D eigenvalue weighted by Gasteiger charge is -2.22. The summed E-state index contributed by atoms with van der Waals surface area (Å²) in [5, 5.41) is 3.45. The molecule has 4 rings (SSSR count). The number of para-hydroxylation sites is 1. The number of sulfonamides is 1. The molecular weight excluding hydrogens is 603 g/mol. The Hall–Kier alpha value is -4.21. The number of carbonyl (C=O) groups is 2. The summed E-state index contributed by atoms with van der Waals surface area (Å²) in [5.41, 5.74) is 2.40. The van der Waals surface area contributed by atoms with Crippen molar-refractivity contribution in [3.8, 4) is 5.75 Å². The molecule has 0 bridgehead atoms. The second-order valence-corrected chi connectivity index (χ2v) is 12.9. The highest BCUT2D eigenvalue weighted by molar-refractivity contribution is 7.90. The molecular formula is C34H34ClFN2O5S. The number of halogens is 2. The highest BCUT2D eigenvalue weighted by Gasteiger charge is 2.22. The number of carbonyl (C=O) groups excluding carboxylic acids is 2. The first-order valence-corrected chi connectivity index (χ1v) is 16.0. The quantitative estimate of drug-likeness (QED) is 0.164. The summed E-state index contributed by atoms with van der Waals surface area (Å²) in [6, 6.07) is 25.6. The van der Waals surface area contributed by atoms with Crippen LogP contribution in [0.1, 0.15) is 59.8 Å². The van der Waals surface area contributed by atoms with E-state index in [0.717, 1.165) is 11.1 Å². The molecule has 1 atom stereocenters. The van der Waals surface area contributed by atoms with Gasteiger partial charge in [-0.1, -0.05) is 67.9 Å². The maximum absolute atomic E-state index is 13.8. The van der Waals surface area contributed by atoms with Gasteiger partial charge in [0.25, 0.3) is 15.9 Å². The number of benzene rings is 4. The molecule has 0 aliphatic rings. The number of ether oxygens (including phenoxy) is 1. The minimum absolute atomic E-state index is 0.0879. The molecule has 4 aromatic carbocycles. The fourth-order valence-electron chi connectivity index (χ4n) is 4.63. The summed E-state index contributed by atoms with van der Waals surface area (Å²) in [6.07, 6.45) is 0.546. The summed E-state index contributed by atoms with van der Waals surface area (Å²) in [7, 11) is -4.09. The molecule has 0 heterocycles. The molecule has 4 aromatic rings. The van der Waals surface area contributed by atoms with Gasteiger partial charge < -0.3 is 10.1 Å². The van der Waals surface area contributed by atoms with E-state index in [1.54, 1.807) is 24.3 Å². The van der Waals surface area contributed by atoms with Gasteiger partial charge in [0.15, 0.2) is 0 Å². The zero-order valence-electron chi connectivity index (χ0n) is 24.4. The van der Waals surface area contributed by atoms with Gasteiger partial charge in [0.1, 0.15) is 18.2 Å². The minimum Gasteiger partial charge on any atom is -0.489 e. The van der Waals surface area contributed by atoms with Crippen LogP contribution in [0.2, 0.25) is 5.02 Å². The van der Waals surface area contributed by atoms with Gasteiger partial charge in [-0.2, -0.15) is 0 Å². The summed E-state index contributed by atoms with van der Waals surface area (Å²) in [6.45, 7) is 4.27. The van der Waals surface area contributed by atoms with Crippen molar-refractivity contribution in [2.24, 2.45) is 5.92 Å². The van der Waals surface area contributed by atoms with Crippen molar-refractivity contribution in [1.82, 2.24) is 10.0 Å². The number of hydrogen-bond acceptors (Lipinski definition) is 5. The fourth-order valence-corrected chi connectivity index (χ4v) is 5.77. The van der Waals surface area contributed by atoms with E-state index in [1.165, 1.54) is 36.4 Å². The zero-order chi connectivity index (χ0) is 31.7. The zero-order valence-corrected chi connectivity index (χ0v) is 26.0. The van der Waals surface area contributed by atoms with Crippen LogP contribution in [-0.4, -0.2) is 20.2 Å². The molecule has 1 unspecified atom stereocenters. The molecule has 10 heteroatoms. The van der Waals surface area contributed by atoms with E-state index in [0.29, 0.717) is 28.3 Å². The van der Waals surface area contributed by atoms with Gasteiger partial charge in [-0.3, -0.25) is 9.59 Å². The second kappa shape index (κ2) is 15.0. The van der Waals surface area contributed by atoms with Crippen molar-refractivity contribution in [2.45, 2.75) is 50.7 Å². The van der Waals surface area contributed by atoms with E-state index in [-0.39, 0.29) is 48.0 Å². The summed E-state index contributed by atoms with van der Waals surface area (Å²) < 4.78 is 46.9. The van der Waals surface area contributed by atoms with E-state index < -0.39 is 15.9 Å². The average molecular weight is 637 g/mol. The highest BCUT2D eigenvalue weighted by Crippen LogP contribution is 2.24. The second-order valence-electron chi connectivity index (χ2n) is 10.8. The molecule has 0 saturated carbocycles. The molecule has 0 aromatic heterocycles. The predicted octanol–water partition coefficient (Wildman–Crippen LogP) is 7.01. The molecule has 7 nitrogen and oxygen atoms in total. The van der Waals surface area contributed by atoms with E-state index in [1.807, 2.05) is 50.2 Å². The van der Waals surface area contributed by atoms with E-state index in [2.05, 4.69) is 10.0 Å². The van der Waals surface area contributed by atoms with Gasteiger partial charge in [0, 0.05) is 17.0 Å². The Balaban J connectivity index is 1.55. The van der Waals surface area contributed by atoms with Crippen molar-refractivity contribution in [1.29, 1.82) is 0 Å². The molecule has 2 amide bonds. The largest absolute Gasteiger partial charge is 0.489 e. The molecule has 230 valence electrons. The molecule has 2 N–H and O–H groups in total. The van der Waals surface area contributed by atoms with E-state index in [9.17, 15) is 22.4 Å². The van der Waals surface area contributed by atoms with Crippen LogP contribution in [0.4, 0.5) is 4.39 Å². The van der Waals surface area contributed by atoms with Gasteiger partial charge >= 0.3 is 0 Å². The Labute approximate surface area is 262 Å². The van der Waals surface area contributed by atoms with E-state index >= 15 is 0 Å². The van der Waals surface area contributed by atoms with Gasteiger partial charge in [-0.15, -0.1) is 0 Å². The van der Waals surface area contributed by atoms with Crippen LogP contribution in [0.15, 0.2) is 102 Å². The van der Waals surface area contributed by atoms with Crippen molar-refractivity contribution in [3.63, 3.8) is 0 Å². The SMILES string of the molecule is CC(C)CC(NC(=O)c1cc(COc2ccccc2)ccc1CCC(=O)NS(=O)(=O)c1ccc(Cl)cc1)c1ccc(F)cc1. The average Bonchev–Trinajstić information content (AvgIpc) is 2.99. The number of hydrogen-bond donors (Lipinski definition) is 2. The van der Waals surface area contributed by atoms with Crippen LogP contribution in [0.25, 0.3) is 0 Å². The lowest BCUT2D eigenvalue weighted by Crippen LogP contribution is -2.32. The normalized spacial score (nSPS) is 12.0. The molecule has 0 spiro atoms. The molecule has 44 heavy (non-hydrogen) atoms. The van der Waals surface area contributed by atoms with Gasteiger partial charge in [0.05, 0.1) is 10.9 Å². The lowest BCUT2D eigenvalue weighted by molar-refractivity contribution is -0.119. The molecule has 0 fully saturated rings. The smallest absolute Gasteiger partial charge is 0.264 e. The third-order valence-electron chi connectivity index (χ3n) is 6.85. The maximum atomic E-state index is 13.8. The van der Waals surface area contributed by atoms with Crippen LogP contribution in [0.5, 0.6) is 5.75 Å². The predicted molar refractivity (Wildman–Crippen MR) is 168 cm³/mol. The molecule has 0 saturated heterocycles. The van der Waals surface area contributed by atoms with Crippen LogP contribution >= 0.6 is 11.6 Å². The van der Waals surface area contributed by atoms with Gasteiger partial charge in [-0.05, 0) is 90.0 Å². The van der Waals surface area contributed by atoms with Crippen molar-refractivity contribution < 1.29 is 27.1 Å². The Kier molecular flexibility index (Phi) is 11.1. The standard InChI is InChI=1S/C34H34ClFN2O5S/c1-23(2)20-32(26-10-15-28(36)16-11-26)37-34(40)31-21-24(22-43-29-6-4-3-5-7-29)8-9-25(31)12-19-33(39)38-44(41,42)30-17-13-27(35)14-18-30/h3-11,13-18,21,23,32H,12,19-20,22H2,1-2H3,(H,37,40)(H,38,39). The minimum atomic E-state index is -4.09. The first kappa shape index (κ1) is 32.7. The van der Waals surface area contributed by atoms with Gasteiger partial charge in [-0.25, -0.2) is 17.5 Å². The van der Waals surface area contributed by atoms with Gasteiger partial charge in [0.2, 0.25) is 5.91 Å². The Bertz CT molecular complexity index is 1680. The van der Waals surface area contributed by atoms with Crippen LogP contribution in [-0.2, 0) is 27.8 Å². The molecule has 0 aliphatic heterocycles.